The molecular weight excluding hydrogens is 424 g/mol. The number of rotatable bonds is 7. The number of thioether (sulfide) groups is 1. The first-order chi connectivity index (χ1) is 14.3. The minimum Gasteiger partial charge on any atom is -0.497 e. The van der Waals surface area contributed by atoms with Gasteiger partial charge in [-0.1, -0.05) is 12.1 Å². The van der Waals surface area contributed by atoms with Gasteiger partial charge in [-0.15, -0.1) is 11.8 Å². The molecule has 0 saturated carbocycles. The third-order valence-corrected chi connectivity index (χ3v) is 8.00. The summed E-state index contributed by atoms with van der Waals surface area (Å²) in [5.41, 5.74) is 1.39. The molecule has 30 heavy (non-hydrogen) atoms. The van der Waals surface area contributed by atoms with E-state index in [0.29, 0.717) is 24.4 Å². The summed E-state index contributed by atoms with van der Waals surface area (Å²) in [5, 5.41) is 4.60. The Labute approximate surface area is 180 Å². The molecule has 7 nitrogen and oxygen atoms in total. The molecule has 2 amide bonds. The molecule has 0 saturated heterocycles. The molecule has 1 atom stereocenters. The van der Waals surface area contributed by atoms with Gasteiger partial charge in [0.25, 0.3) is 0 Å². The SMILES string of the molecule is COc1ccc(CNC(=O)C[C@@H](C)S(=O)(=O)c2ccc3c(c2)NC(=O)CCS3)cc1. The maximum Gasteiger partial charge on any atom is 0.225 e. The summed E-state index contributed by atoms with van der Waals surface area (Å²) < 4.78 is 31.0. The zero-order valence-corrected chi connectivity index (χ0v) is 18.4. The van der Waals surface area contributed by atoms with E-state index in [1.54, 1.807) is 25.3 Å². The number of carbonyl (C=O) groups is 2. The topological polar surface area (TPSA) is 102 Å². The molecule has 1 aliphatic rings. The van der Waals surface area contributed by atoms with Crippen molar-refractivity contribution >= 4 is 39.1 Å². The zero-order chi connectivity index (χ0) is 21.7. The van der Waals surface area contributed by atoms with Crippen molar-refractivity contribution in [3.05, 3.63) is 48.0 Å². The van der Waals surface area contributed by atoms with E-state index in [-0.39, 0.29) is 23.1 Å². The van der Waals surface area contributed by atoms with E-state index in [4.69, 9.17) is 4.74 Å². The Bertz CT molecular complexity index is 1040. The molecule has 0 unspecified atom stereocenters. The number of amides is 2. The van der Waals surface area contributed by atoms with Crippen LogP contribution in [0.25, 0.3) is 0 Å². The smallest absolute Gasteiger partial charge is 0.225 e. The van der Waals surface area contributed by atoms with Crippen molar-refractivity contribution in [3.8, 4) is 5.75 Å². The molecule has 0 bridgehead atoms. The number of sulfone groups is 1. The lowest BCUT2D eigenvalue weighted by Gasteiger charge is -2.15. The molecule has 0 spiro atoms. The summed E-state index contributed by atoms with van der Waals surface area (Å²) in [7, 11) is -2.15. The zero-order valence-electron chi connectivity index (χ0n) is 16.8. The molecule has 2 N–H and O–H groups in total. The van der Waals surface area contributed by atoms with Crippen LogP contribution in [0, 0.1) is 0 Å². The molecule has 1 heterocycles. The van der Waals surface area contributed by atoms with Gasteiger partial charge in [0.15, 0.2) is 9.84 Å². The van der Waals surface area contributed by atoms with Gasteiger partial charge in [0.2, 0.25) is 11.8 Å². The Morgan fingerprint density at radius 2 is 1.97 bits per heavy atom. The van der Waals surface area contributed by atoms with Gasteiger partial charge in [-0.3, -0.25) is 9.59 Å². The molecule has 160 valence electrons. The number of carbonyl (C=O) groups excluding carboxylic acids is 2. The molecule has 9 heteroatoms. The van der Waals surface area contributed by atoms with Crippen LogP contribution >= 0.6 is 11.8 Å². The highest BCUT2D eigenvalue weighted by atomic mass is 32.2. The Morgan fingerprint density at radius 1 is 1.23 bits per heavy atom. The molecule has 2 aromatic carbocycles. The second kappa shape index (κ2) is 9.53. The lowest BCUT2D eigenvalue weighted by Crippen LogP contribution is -2.29. The van der Waals surface area contributed by atoms with Crippen molar-refractivity contribution < 1.29 is 22.7 Å². The van der Waals surface area contributed by atoms with Gasteiger partial charge in [0, 0.05) is 30.0 Å². The molecule has 0 radical (unpaired) electrons. The number of anilines is 1. The highest BCUT2D eigenvalue weighted by Gasteiger charge is 2.27. The number of ether oxygens (including phenoxy) is 1. The number of hydrogen-bond acceptors (Lipinski definition) is 6. The van der Waals surface area contributed by atoms with E-state index in [0.717, 1.165) is 16.2 Å². The predicted octanol–water partition coefficient (Wildman–Crippen LogP) is 3.00. The van der Waals surface area contributed by atoms with Crippen molar-refractivity contribution in [1.82, 2.24) is 5.32 Å². The highest BCUT2D eigenvalue weighted by molar-refractivity contribution is 7.99. The normalized spacial score (nSPS) is 14.8. The Morgan fingerprint density at radius 3 is 2.67 bits per heavy atom. The highest BCUT2D eigenvalue weighted by Crippen LogP contribution is 2.33. The van der Waals surface area contributed by atoms with Crippen molar-refractivity contribution in [1.29, 1.82) is 0 Å². The standard InChI is InChI=1S/C21H24N2O5S2/c1-14(11-21(25)22-13-15-3-5-16(28-2)6-4-15)30(26,27)17-7-8-19-18(12-17)23-20(24)9-10-29-19/h3-8,12,14H,9-11,13H2,1-2H3,(H,22,25)(H,23,24)/t14-/m1/s1. The summed E-state index contributed by atoms with van der Waals surface area (Å²) in [6.45, 7) is 1.82. The number of fused-ring (bicyclic) bond motifs is 1. The third-order valence-electron chi connectivity index (χ3n) is 4.79. The van der Waals surface area contributed by atoms with E-state index in [1.807, 2.05) is 12.1 Å². The van der Waals surface area contributed by atoms with Gasteiger partial charge in [0.05, 0.1) is 22.9 Å². The fourth-order valence-electron chi connectivity index (χ4n) is 3.00. The van der Waals surface area contributed by atoms with E-state index < -0.39 is 15.1 Å². The molecular formula is C21H24N2O5S2. The molecule has 0 fully saturated rings. The number of methoxy groups -OCH3 is 1. The van der Waals surface area contributed by atoms with E-state index >= 15 is 0 Å². The molecule has 0 aromatic heterocycles. The summed E-state index contributed by atoms with van der Waals surface area (Å²) in [5.74, 6) is 0.887. The third kappa shape index (κ3) is 5.34. The average molecular weight is 449 g/mol. The second-order valence-corrected chi connectivity index (χ2v) is 10.5. The number of nitrogens with one attached hydrogen (secondary N) is 2. The molecule has 2 aromatic rings. The fourth-order valence-corrected chi connectivity index (χ4v) is 5.31. The van der Waals surface area contributed by atoms with Gasteiger partial charge in [-0.25, -0.2) is 8.42 Å². The lowest BCUT2D eigenvalue weighted by molar-refractivity contribution is -0.121. The van der Waals surface area contributed by atoms with Gasteiger partial charge in [-0.2, -0.15) is 0 Å². The van der Waals surface area contributed by atoms with E-state index in [9.17, 15) is 18.0 Å². The van der Waals surface area contributed by atoms with Crippen LogP contribution in [0.15, 0.2) is 52.3 Å². The summed E-state index contributed by atoms with van der Waals surface area (Å²) in [6.07, 6.45) is 0.225. The van der Waals surface area contributed by atoms with Crippen LogP contribution in [0.5, 0.6) is 5.75 Å². The van der Waals surface area contributed by atoms with Crippen molar-refractivity contribution in [2.75, 3.05) is 18.2 Å². The van der Waals surface area contributed by atoms with Gasteiger partial charge >= 0.3 is 0 Å². The first-order valence-corrected chi connectivity index (χ1v) is 12.0. The largest absolute Gasteiger partial charge is 0.497 e. The molecule has 1 aliphatic heterocycles. The Balaban J connectivity index is 1.64. The van der Waals surface area contributed by atoms with Crippen molar-refractivity contribution in [3.63, 3.8) is 0 Å². The average Bonchev–Trinajstić information content (AvgIpc) is 2.92. The second-order valence-electron chi connectivity index (χ2n) is 6.99. The maximum absolute atomic E-state index is 13.0. The van der Waals surface area contributed by atoms with Crippen LogP contribution in [0.1, 0.15) is 25.3 Å². The van der Waals surface area contributed by atoms with Gasteiger partial charge in [-0.05, 0) is 42.8 Å². The van der Waals surface area contributed by atoms with Crippen LogP contribution in [-0.4, -0.2) is 38.3 Å². The first-order valence-electron chi connectivity index (χ1n) is 9.50. The summed E-state index contributed by atoms with van der Waals surface area (Å²) in [4.78, 5) is 25.0. The van der Waals surface area contributed by atoms with Crippen molar-refractivity contribution in [2.24, 2.45) is 0 Å². The van der Waals surface area contributed by atoms with Gasteiger partial charge in [0.1, 0.15) is 5.75 Å². The summed E-state index contributed by atoms with van der Waals surface area (Å²) in [6, 6.07) is 12.0. The number of benzene rings is 2. The monoisotopic (exact) mass is 448 g/mol. The predicted molar refractivity (Wildman–Crippen MR) is 117 cm³/mol. The Hall–Kier alpha value is -2.52. The maximum atomic E-state index is 13.0. The quantitative estimate of drug-likeness (QED) is 0.675. The van der Waals surface area contributed by atoms with Crippen LogP contribution < -0.4 is 15.4 Å². The van der Waals surface area contributed by atoms with Crippen LogP contribution in [0.2, 0.25) is 0 Å². The Kier molecular flexibility index (Phi) is 7.04. The lowest BCUT2D eigenvalue weighted by atomic mass is 10.2. The molecule has 3 rings (SSSR count). The van der Waals surface area contributed by atoms with Crippen LogP contribution in [-0.2, 0) is 26.0 Å². The fraction of sp³-hybridized carbons (Fsp3) is 0.333. The first kappa shape index (κ1) is 22.2. The van der Waals surface area contributed by atoms with E-state index in [2.05, 4.69) is 10.6 Å². The molecule has 0 aliphatic carbocycles. The van der Waals surface area contributed by atoms with E-state index in [1.165, 1.54) is 30.8 Å². The summed E-state index contributed by atoms with van der Waals surface area (Å²) >= 11 is 1.51. The van der Waals surface area contributed by atoms with Crippen LogP contribution in [0.4, 0.5) is 5.69 Å². The minimum atomic E-state index is -3.73. The minimum absolute atomic E-state index is 0.0968. The van der Waals surface area contributed by atoms with Crippen LogP contribution in [0.3, 0.4) is 0 Å². The van der Waals surface area contributed by atoms with Gasteiger partial charge < -0.3 is 15.4 Å². The van der Waals surface area contributed by atoms with Crippen molar-refractivity contribution in [2.45, 2.75) is 41.4 Å². The number of hydrogen-bond donors (Lipinski definition) is 2.